The van der Waals surface area contributed by atoms with Gasteiger partial charge in [-0.25, -0.2) is 4.72 Å². The van der Waals surface area contributed by atoms with Crippen molar-refractivity contribution in [1.29, 1.82) is 0 Å². The fourth-order valence-corrected chi connectivity index (χ4v) is 8.51. The molecule has 3 amide bonds. The fourth-order valence-electron chi connectivity index (χ4n) is 7.97. The van der Waals surface area contributed by atoms with Crippen LogP contribution in [0.5, 0.6) is 5.75 Å². The number of ether oxygens (including phenoxy) is 1. The zero-order chi connectivity index (χ0) is 32.4. The average molecular weight is 648 g/mol. The van der Waals surface area contributed by atoms with Crippen molar-refractivity contribution in [3.05, 3.63) is 53.1 Å². The van der Waals surface area contributed by atoms with Gasteiger partial charge in [0, 0.05) is 74.6 Å². The van der Waals surface area contributed by atoms with E-state index in [9.17, 15) is 22.8 Å². The molecule has 3 heterocycles. The van der Waals surface area contributed by atoms with Gasteiger partial charge in [0.2, 0.25) is 11.8 Å². The van der Waals surface area contributed by atoms with E-state index in [1.54, 1.807) is 19.2 Å². The summed E-state index contributed by atoms with van der Waals surface area (Å²) in [4.78, 5) is 41.8. The Bertz CT molecular complexity index is 1860. The van der Waals surface area contributed by atoms with Gasteiger partial charge in [-0.3, -0.25) is 14.4 Å². The number of benzene rings is 2. The molecule has 7 rings (SSSR count). The molecule has 2 atom stereocenters. The van der Waals surface area contributed by atoms with Gasteiger partial charge in [-0.15, -0.1) is 0 Å². The Labute approximate surface area is 269 Å². The largest absolute Gasteiger partial charge is 0.497 e. The lowest BCUT2D eigenvalue weighted by atomic mass is 9.81. The first kappa shape index (κ1) is 30.7. The number of amides is 3. The van der Waals surface area contributed by atoms with Gasteiger partial charge >= 0.3 is 10.2 Å². The van der Waals surface area contributed by atoms with Gasteiger partial charge in [-0.05, 0) is 66.6 Å². The van der Waals surface area contributed by atoms with Crippen LogP contribution in [0.25, 0.3) is 22.2 Å². The molecule has 0 bridgehead atoms. The third-order valence-electron chi connectivity index (χ3n) is 10.5. The Hall–Kier alpha value is -3.90. The molecule has 12 heteroatoms. The third kappa shape index (κ3) is 5.06. The Kier molecular flexibility index (Phi) is 7.63. The Morgan fingerprint density at radius 2 is 1.85 bits per heavy atom. The maximum absolute atomic E-state index is 14.5. The van der Waals surface area contributed by atoms with Gasteiger partial charge in [0.1, 0.15) is 5.75 Å². The molecule has 2 aliphatic carbocycles. The number of fused-ring (bicyclic) bond motifs is 7. The standard InChI is InChI=1S/C34H41N5O6S/c1-37(2)46(43,44)36-32(41)22-9-11-25-28(17-22)39-20-34(33(42)38-15-13-29(40)35-14-16-38)19-27(34)26-18-23(45-3)10-12-24(26)31(39)30(25)21-7-5-4-6-8-21/h9-12,17-18,21,27H,4-8,13-16,19-20H2,1-3H3,(H,35,40)(H,36,41). The van der Waals surface area contributed by atoms with Crippen molar-refractivity contribution in [1.82, 2.24) is 23.8 Å². The van der Waals surface area contributed by atoms with Crippen molar-refractivity contribution in [2.45, 2.75) is 63.3 Å². The average Bonchev–Trinajstić information content (AvgIpc) is 3.76. The van der Waals surface area contributed by atoms with Crippen molar-refractivity contribution >= 4 is 38.8 Å². The SMILES string of the molecule is COc1ccc2c(c1)C1CC1(C(=O)N1CCNC(=O)CC1)Cn1c-2c(C2CCCCC2)c2ccc(C(=O)NS(=O)(=O)N(C)C)cc21. The number of aromatic nitrogens is 1. The highest BCUT2D eigenvalue weighted by Crippen LogP contribution is 2.66. The predicted molar refractivity (Wildman–Crippen MR) is 174 cm³/mol. The molecule has 2 saturated carbocycles. The Morgan fingerprint density at radius 3 is 2.59 bits per heavy atom. The van der Waals surface area contributed by atoms with Crippen LogP contribution in [0.3, 0.4) is 0 Å². The molecule has 1 saturated heterocycles. The lowest BCUT2D eigenvalue weighted by molar-refractivity contribution is -0.137. The third-order valence-corrected chi connectivity index (χ3v) is 11.9. The first-order valence-electron chi connectivity index (χ1n) is 16.2. The lowest BCUT2D eigenvalue weighted by Crippen LogP contribution is -2.41. The summed E-state index contributed by atoms with van der Waals surface area (Å²) in [5, 5.41) is 3.91. The van der Waals surface area contributed by atoms with E-state index in [1.165, 1.54) is 26.1 Å². The smallest absolute Gasteiger partial charge is 0.303 e. The maximum atomic E-state index is 14.5. The summed E-state index contributed by atoms with van der Waals surface area (Å²) in [5.41, 5.74) is 4.81. The quantitative estimate of drug-likeness (QED) is 0.420. The zero-order valence-corrected chi connectivity index (χ0v) is 27.4. The molecule has 0 spiro atoms. The molecule has 244 valence electrons. The minimum Gasteiger partial charge on any atom is -0.497 e. The zero-order valence-electron chi connectivity index (χ0n) is 26.6. The molecule has 1 aromatic heterocycles. The van der Waals surface area contributed by atoms with E-state index in [-0.39, 0.29) is 29.7 Å². The summed E-state index contributed by atoms with van der Waals surface area (Å²) >= 11 is 0. The Balaban J connectivity index is 1.43. The number of carbonyl (C=O) groups excluding carboxylic acids is 3. The second kappa shape index (κ2) is 11.4. The second-order valence-electron chi connectivity index (χ2n) is 13.4. The van der Waals surface area contributed by atoms with E-state index in [0.717, 1.165) is 63.5 Å². The molecule has 2 N–H and O–H groups in total. The van der Waals surface area contributed by atoms with Crippen LogP contribution >= 0.6 is 0 Å². The van der Waals surface area contributed by atoms with Crippen LogP contribution in [0.4, 0.5) is 0 Å². The summed E-state index contributed by atoms with van der Waals surface area (Å²) in [7, 11) is 0.401. The highest BCUT2D eigenvalue weighted by molar-refractivity contribution is 7.87. The van der Waals surface area contributed by atoms with Crippen LogP contribution in [0.15, 0.2) is 36.4 Å². The highest BCUT2D eigenvalue weighted by Gasteiger charge is 2.63. The van der Waals surface area contributed by atoms with Crippen LogP contribution < -0.4 is 14.8 Å². The van der Waals surface area contributed by atoms with Gasteiger partial charge in [0.05, 0.1) is 18.2 Å². The molecule has 11 nitrogen and oxygen atoms in total. The topological polar surface area (TPSA) is 130 Å². The van der Waals surface area contributed by atoms with Gasteiger partial charge in [0.25, 0.3) is 5.91 Å². The minimum atomic E-state index is -3.99. The number of hydrogen-bond donors (Lipinski definition) is 2. The van der Waals surface area contributed by atoms with Gasteiger partial charge in [-0.1, -0.05) is 25.3 Å². The van der Waals surface area contributed by atoms with Crippen LogP contribution in [0.2, 0.25) is 0 Å². The molecular formula is C34H41N5O6S. The summed E-state index contributed by atoms with van der Waals surface area (Å²) in [5.74, 6) is 0.321. The Morgan fingerprint density at radius 1 is 1.07 bits per heavy atom. The van der Waals surface area contributed by atoms with E-state index in [0.29, 0.717) is 38.5 Å². The van der Waals surface area contributed by atoms with Gasteiger partial charge in [-0.2, -0.15) is 12.7 Å². The van der Waals surface area contributed by atoms with Gasteiger partial charge in [0.15, 0.2) is 0 Å². The molecule has 3 fully saturated rings. The molecule has 2 aromatic carbocycles. The number of hydrogen-bond acceptors (Lipinski definition) is 6. The highest BCUT2D eigenvalue weighted by atomic mass is 32.2. The predicted octanol–water partition coefficient (Wildman–Crippen LogP) is 3.74. The van der Waals surface area contributed by atoms with E-state index in [4.69, 9.17) is 4.74 Å². The molecule has 3 aromatic rings. The first-order chi connectivity index (χ1) is 22.0. The number of carbonyl (C=O) groups is 3. The molecule has 0 radical (unpaired) electrons. The van der Waals surface area contributed by atoms with Crippen molar-refractivity contribution in [2.24, 2.45) is 5.41 Å². The van der Waals surface area contributed by atoms with E-state index < -0.39 is 21.5 Å². The summed E-state index contributed by atoms with van der Waals surface area (Å²) in [6, 6.07) is 11.6. The normalized spacial score (nSPS) is 23.1. The van der Waals surface area contributed by atoms with Crippen molar-refractivity contribution in [3.63, 3.8) is 0 Å². The molecule has 4 aliphatic rings. The monoisotopic (exact) mass is 647 g/mol. The van der Waals surface area contributed by atoms with Crippen LogP contribution in [0, 0.1) is 5.41 Å². The van der Waals surface area contributed by atoms with E-state index in [1.807, 2.05) is 17.0 Å². The number of nitrogens with one attached hydrogen (secondary N) is 2. The van der Waals surface area contributed by atoms with Crippen LogP contribution in [0.1, 0.15) is 78.3 Å². The van der Waals surface area contributed by atoms with Crippen LogP contribution in [-0.4, -0.2) is 80.8 Å². The molecule has 2 aliphatic heterocycles. The second-order valence-corrected chi connectivity index (χ2v) is 15.3. The number of rotatable bonds is 6. The minimum absolute atomic E-state index is 0.0251. The van der Waals surface area contributed by atoms with Crippen molar-refractivity contribution < 1.29 is 27.5 Å². The van der Waals surface area contributed by atoms with E-state index in [2.05, 4.69) is 26.7 Å². The number of nitrogens with zero attached hydrogens (tertiary/aromatic N) is 3. The summed E-state index contributed by atoms with van der Waals surface area (Å²) in [6.07, 6.45) is 6.55. The van der Waals surface area contributed by atoms with Crippen molar-refractivity contribution in [3.8, 4) is 17.0 Å². The number of methoxy groups -OCH3 is 1. The first-order valence-corrected chi connectivity index (χ1v) is 17.6. The van der Waals surface area contributed by atoms with E-state index >= 15 is 0 Å². The lowest BCUT2D eigenvalue weighted by Gasteiger charge is -2.27. The maximum Gasteiger partial charge on any atom is 0.303 e. The van der Waals surface area contributed by atoms with Gasteiger partial charge < -0.3 is 19.5 Å². The molecule has 46 heavy (non-hydrogen) atoms. The summed E-state index contributed by atoms with van der Waals surface area (Å²) < 4.78 is 36.1. The summed E-state index contributed by atoms with van der Waals surface area (Å²) in [6.45, 7) is 1.68. The molecular weight excluding hydrogens is 606 g/mol. The van der Waals surface area contributed by atoms with Crippen molar-refractivity contribution in [2.75, 3.05) is 40.8 Å². The van der Waals surface area contributed by atoms with Crippen LogP contribution in [-0.2, 0) is 26.3 Å². The fraction of sp³-hybridized carbons (Fsp3) is 0.500. The molecule has 2 unspecified atom stereocenters.